The lowest BCUT2D eigenvalue weighted by Crippen LogP contribution is -2.23. The fourth-order valence-corrected chi connectivity index (χ4v) is 1.45. The average Bonchev–Trinajstić information content (AvgIpc) is 2.17. The molecular formula is C11H7FNO2-. The van der Waals surface area contributed by atoms with E-state index in [1.165, 1.54) is 24.3 Å². The van der Waals surface area contributed by atoms with E-state index in [-0.39, 0.29) is 5.56 Å². The van der Waals surface area contributed by atoms with E-state index in [9.17, 15) is 14.3 Å². The highest BCUT2D eigenvalue weighted by Gasteiger charge is 2.04. The minimum atomic E-state index is -1.30. The van der Waals surface area contributed by atoms with Crippen LogP contribution >= 0.6 is 0 Å². The van der Waals surface area contributed by atoms with Crippen LogP contribution in [0.3, 0.4) is 0 Å². The molecule has 0 aliphatic rings. The molecule has 76 valence electrons. The lowest BCUT2D eigenvalue weighted by molar-refractivity contribution is -0.255. The highest BCUT2D eigenvalue weighted by atomic mass is 19.1. The number of benzene rings is 1. The molecule has 0 amide bonds. The highest BCUT2D eigenvalue weighted by Crippen LogP contribution is 2.17. The number of rotatable bonds is 1. The number of aromatic nitrogens is 1. The summed E-state index contributed by atoms with van der Waals surface area (Å²) in [4.78, 5) is 14.8. The molecule has 1 heterocycles. The second kappa shape index (κ2) is 3.31. The van der Waals surface area contributed by atoms with Gasteiger partial charge in [-0.3, -0.25) is 4.98 Å². The number of carbonyl (C=O) groups excluding carboxylic acids is 1. The first-order chi connectivity index (χ1) is 7.08. The van der Waals surface area contributed by atoms with Crippen LogP contribution in [0.5, 0.6) is 0 Å². The van der Waals surface area contributed by atoms with Crippen molar-refractivity contribution in [2.24, 2.45) is 0 Å². The van der Waals surface area contributed by atoms with Gasteiger partial charge in [-0.25, -0.2) is 4.39 Å². The Bertz CT molecular complexity index is 552. The summed E-state index contributed by atoms with van der Waals surface area (Å²) < 4.78 is 12.9. The SMILES string of the molecule is Cc1nc2ccc(F)cc2cc1C(=O)[O-]. The van der Waals surface area contributed by atoms with Crippen LogP contribution in [0.1, 0.15) is 16.1 Å². The topological polar surface area (TPSA) is 53.0 Å². The van der Waals surface area contributed by atoms with Gasteiger partial charge in [-0.15, -0.1) is 0 Å². The number of nitrogens with zero attached hydrogens (tertiary/aromatic N) is 1. The second-order valence-corrected chi connectivity index (χ2v) is 3.25. The largest absolute Gasteiger partial charge is 0.545 e. The van der Waals surface area contributed by atoms with Gasteiger partial charge < -0.3 is 9.90 Å². The summed E-state index contributed by atoms with van der Waals surface area (Å²) in [6.07, 6.45) is 0. The molecule has 0 atom stereocenters. The van der Waals surface area contributed by atoms with Crippen LogP contribution in [0.15, 0.2) is 24.3 Å². The zero-order valence-electron chi connectivity index (χ0n) is 7.95. The van der Waals surface area contributed by atoms with Crippen molar-refractivity contribution >= 4 is 16.9 Å². The van der Waals surface area contributed by atoms with Crippen molar-refractivity contribution in [1.29, 1.82) is 0 Å². The lowest BCUT2D eigenvalue weighted by Gasteiger charge is -2.07. The van der Waals surface area contributed by atoms with E-state index in [2.05, 4.69) is 4.98 Å². The molecular weight excluding hydrogens is 197 g/mol. The summed E-state index contributed by atoms with van der Waals surface area (Å²) in [5, 5.41) is 11.2. The van der Waals surface area contributed by atoms with Crippen molar-refractivity contribution in [3.8, 4) is 0 Å². The van der Waals surface area contributed by atoms with Gasteiger partial charge in [0.2, 0.25) is 0 Å². The molecule has 0 radical (unpaired) electrons. The number of halogens is 1. The van der Waals surface area contributed by atoms with E-state index >= 15 is 0 Å². The molecule has 0 spiro atoms. The number of carbonyl (C=O) groups is 1. The van der Waals surface area contributed by atoms with Crippen LogP contribution in [-0.4, -0.2) is 11.0 Å². The van der Waals surface area contributed by atoms with Gasteiger partial charge in [-0.2, -0.15) is 0 Å². The molecule has 1 aromatic carbocycles. The van der Waals surface area contributed by atoms with E-state index in [1.54, 1.807) is 6.92 Å². The summed E-state index contributed by atoms with van der Waals surface area (Å²) in [7, 11) is 0. The van der Waals surface area contributed by atoms with Gasteiger partial charge >= 0.3 is 0 Å². The van der Waals surface area contributed by atoms with Crippen LogP contribution in [0.25, 0.3) is 10.9 Å². The Morgan fingerprint density at radius 1 is 1.40 bits per heavy atom. The maximum atomic E-state index is 12.9. The Morgan fingerprint density at radius 3 is 2.80 bits per heavy atom. The van der Waals surface area contributed by atoms with E-state index in [4.69, 9.17) is 0 Å². The van der Waals surface area contributed by atoms with Crippen LogP contribution in [0.4, 0.5) is 4.39 Å². The van der Waals surface area contributed by atoms with Gasteiger partial charge in [0, 0.05) is 16.6 Å². The standard InChI is InChI=1S/C11H8FNO2/c1-6-9(11(14)15)5-7-4-8(12)2-3-10(7)13-6/h2-5H,1H3,(H,14,15)/p-1. The minimum absolute atomic E-state index is 0.00639. The fraction of sp³-hybridized carbons (Fsp3) is 0.0909. The number of carboxylic acid groups (broad SMARTS) is 1. The highest BCUT2D eigenvalue weighted by molar-refractivity contribution is 5.92. The number of hydrogen-bond acceptors (Lipinski definition) is 3. The number of carboxylic acids is 1. The van der Waals surface area contributed by atoms with Crippen molar-refractivity contribution in [2.45, 2.75) is 6.92 Å². The van der Waals surface area contributed by atoms with Crippen molar-refractivity contribution in [3.05, 3.63) is 41.3 Å². The van der Waals surface area contributed by atoms with Crippen molar-refractivity contribution in [2.75, 3.05) is 0 Å². The average molecular weight is 204 g/mol. The Labute approximate surface area is 85.2 Å². The first-order valence-corrected chi connectivity index (χ1v) is 4.36. The molecule has 0 fully saturated rings. The Hall–Kier alpha value is -1.97. The van der Waals surface area contributed by atoms with Gasteiger partial charge in [0.25, 0.3) is 0 Å². The third-order valence-electron chi connectivity index (χ3n) is 2.19. The minimum Gasteiger partial charge on any atom is -0.545 e. The maximum Gasteiger partial charge on any atom is 0.123 e. The van der Waals surface area contributed by atoms with Crippen molar-refractivity contribution < 1.29 is 14.3 Å². The smallest absolute Gasteiger partial charge is 0.123 e. The molecule has 0 saturated carbocycles. The third-order valence-corrected chi connectivity index (χ3v) is 2.19. The van der Waals surface area contributed by atoms with Gasteiger partial charge in [-0.05, 0) is 31.2 Å². The number of fused-ring (bicyclic) bond motifs is 1. The predicted octanol–water partition coefficient (Wildman–Crippen LogP) is 1.05. The summed E-state index contributed by atoms with van der Waals surface area (Å²) in [6, 6.07) is 5.41. The quantitative estimate of drug-likeness (QED) is 0.697. The third kappa shape index (κ3) is 1.66. The van der Waals surface area contributed by atoms with E-state index in [0.717, 1.165) is 0 Å². The molecule has 0 N–H and O–H groups in total. The fourth-order valence-electron chi connectivity index (χ4n) is 1.45. The monoisotopic (exact) mass is 204 g/mol. The van der Waals surface area contributed by atoms with Gasteiger partial charge in [0.15, 0.2) is 0 Å². The summed E-state index contributed by atoms with van der Waals surface area (Å²) in [5.74, 6) is -1.72. The first kappa shape index (κ1) is 9.58. The molecule has 0 aliphatic heterocycles. The first-order valence-electron chi connectivity index (χ1n) is 4.36. The van der Waals surface area contributed by atoms with Gasteiger partial charge in [0.05, 0.1) is 11.5 Å². The van der Waals surface area contributed by atoms with Gasteiger partial charge in [0.1, 0.15) is 5.82 Å². The summed E-state index contributed by atoms with van der Waals surface area (Å²) >= 11 is 0. The molecule has 3 nitrogen and oxygen atoms in total. The molecule has 1 aromatic heterocycles. The maximum absolute atomic E-state index is 12.9. The van der Waals surface area contributed by atoms with E-state index < -0.39 is 11.8 Å². The number of pyridine rings is 1. The van der Waals surface area contributed by atoms with Crippen LogP contribution in [0.2, 0.25) is 0 Å². The number of aromatic carboxylic acids is 1. The summed E-state index contributed by atoms with van der Waals surface area (Å²) in [5.41, 5.74) is 0.932. The molecule has 0 bridgehead atoms. The molecule has 2 aromatic rings. The number of hydrogen-bond donors (Lipinski definition) is 0. The zero-order valence-corrected chi connectivity index (χ0v) is 7.95. The van der Waals surface area contributed by atoms with Crippen molar-refractivity contribution in [3.63, 3.8) is 0 Å². The Morgan fingerprint density at radius 2 is 2.13 bits per heavy atom. The second-order valence-electron chi connectivity index (χ2n) is 3.25. The van der Waals surface area contributed by atoms with Gasteiger partial charge in [-0.1, -0.05) is 0 Å². The lowest BCUT2D eigenvalue weighted by atomic mass is 10.1. The van der Waals surface area contributed by atoms with Crippen LogP contribution < -0.4 is 5.11 Å². The van der Waals surface area contributed by atoms with E-state index in [0.29, 0.717) is 16.6 Å². The van der Waals surface area contributed by atoms with Crippen LogP contribution in [-0.2, 0) is 0 Å². The Balaban J connectivity index is 2.77. The molecule has 15 heavy (non-hydrogen) atoms. The van der Waals surface area contributed by atoms with E-state index in [1.807, 2.05) is 0 Å². The molecule has 4 heteroatoms. The molecule has 0 unspecified atom stereocenters. The number of aryl methyl sites for hydroxylation is 1. The predicted molar refractivity (Wildman–Crippen MR) is 50.8 cm³/mol. The van der Waals surface area contributed by atoms with Crippen LogP contribution in [0, 0.1) is 12.7 Å². The molecule has 2 rings (SSSR count). The van der Waals surface area contributed by atoms with Crippen molar-refractivity contribution in [1.82, 2.24) is 4.98 Å². The molecule has 0 aliphatic carbocycles. The molecule has 0 saturated heterocycles. The zero-order chi connectivity index (χ0) is 11.0. The summed E-state index contributed by atoms with van der Waals surface area (Å²) in [6.45, 7) is 1.58. The normalized spacial score (nSPS) is 10.5. The Kier molecular flexibility index (Phi) is 2.11.